The van der Waals surface area contributed by atoms with Gasteiger partial charge in [0.2, 0.25) is 0 Å². The Balaban J connectivity index is 0.00000147. The molecule has 1 aromatic carbocycles. The van der Waals surface area contributed by atoms with Crippen LogP contribution in [0.1, 0.15) is 18.5 Å². The quantitative estimate of drug-likeness (QED) is 0.940. The van der Waals surface area contributed by atoms with Crippen LogP contribution in [-0.4, -0.2) is 33.8 Å². The van der Waals surface area contributed by atoms with Crippen LogP contribution in [0, 0.1) is 0 Å². The SMILES string of the molecule is Cl.NCC1CCCN1Cc1ccn(-c2ccccc2)n1. The Bertz CT molecular complexity index is 526. The van der Waals surface area contributed by atoms with E-state index in [0.717, 1.165) is 31.0 Å². The molecule has 4 nitrogen and oxygen atoms in total. The third-order valence-electron chi connectivity index (χ3n) is 3.80. The second kappa shape index (κ2) is 6.88. The minimum atomic E-state index is 0. The first-order valence-corrected chi connectivity index (χ1v) is 6.91. The van der Waals surface area contributed by atoms with Crippen LogP contribution in [0.2, 0.25) is 0 Å². The van der Waals surface area contributed by atoms with Gasteiger partial charge in [0.25, 0.3) is 0 Å². The van der Waals surface area contributed by atoms with Crippen molar-refractivity contribution in [2.45, 2.75) is 25.4 Å². The van der Waals surface area contributed by atoms with E-state index in [2.05, 4.69) is 28.2 Å². The number of rotatable bonds is 4. The van der Waals surface area contributed by atoms with Gasteiger partial charge in [0.15, 0.2) is 0 Å². The number of hydrogen-bond donors (Lipinski definition) is 1. The van der Waals surface area contributed by atoms with E-state index in [0.29, 0.717) is 6.04 Å². The van der Waals surface area contributed by atoms with Crippen LogP contribution in [-0.2, 0) is 6.54 Å². The van der Waals surface area contributed by atoms with Crippen molar-refractivity contribution in [1.29, 1.82) is 0 Å². The Morgan fingerprint density at radius 2 is 2.00 bits per heavy atom. The lowest BCUT2D eigenvalue weighted by Gasteiger charge is -2.21. The molecule has 20 heavy (non-hydrogen) atoms. The summed E-state index contributed by atoms with van der Waals surface area (Å²) in [7, 11) is 0. The molecular formula is C15H21ClN4. The van der Waals surface area contributed by atoms with Gasteiger partial charge in [-0.1, -0.05) is 18.2 Å². The van der Waals surface area contributed by atoms with Gasteiger partial charge in [0, 0.05) is 25.3 Å². The minimum absolute atomic E-state index is 0. The fourth-order valence-electron chi connectivity index (χ4n) is 2.75. The highest BCUT2D eigenvalue weighted by Crippen LogP contribution is 2.18. The van der Waals surface area contributed by atoms with Crippen LogP contribution in [0.5, 0.6) is 0 Å². The van der Waals surface area contributed by atoms with Crippen molar-refractivity contribution in [3.8, 4) is 5.69 Å². The molecule has 3 rings (SSSR count). The number of para-hydroxylation sites is 1. The van der Waals surface area contributed by atoms with Crippen LogP contribution in [0.3, 0.4) is 0 Å². The zero-order valence-corrected chi connectivity index (χ0v) is 12.3. The van der Waals surface area contributed by atoms with Gasteiger partial charge in [-0.2, -0.15) is 5.10 Å². The number of hydrogen-bond acceptors (Lipinski definition) is 3. The lowest BCUT2D eigenvalue weighted by Crippen LogP contribution is -2.34. The summed E-state index contributed by atoms with van der Waals surface area (Å²) in [6.07, 6.45) is 4.50. The zero-order chi connectivity index (χ0) is 13.1. The molecule has 5 heteroatoms. The van der Waals surface area contributed by atoms with Gasteiger partial charge >= 0.3 is 0 Å². The molecule has 108 valence electrons. The summed E-state index contributed by atoms with van der Waals surface area (Å²) in [6.45, 7) is 2.79. The maximum absolute atomic E-state index is 5.81. The van der Waals surface area contributed by atoms with Crippen LogP contribution >= 0.6 is 12.4 Å². The molecule has 1 aliphatic rings. The molecule has 2 aromatic rings. The summed E-state index contributed by atoms with van der Waals surface area (Å²) >= 11 is 0. The van der Waals surface area contributed by atoms with Crippen molar-refractivity contribution in [3.05, 3.63) is 48.3 Å². The average molecular weight is 293 g/mol. The first-order valence-electron chi connectivity index (χ1n) is 6.91. The van der Waals surface area contributed by atoms with Crippen molar-refractivity contribution in [3.63, 3.8) is 0 Å². The summed E-state index contributed by atoms with van der Waals surface area (Å²) in [4.78, 5) is 2.44. The summed E-state index contributed by atoms with van der Waals surface area (Å²) in [6, 6.07) is 12.8. The van der Waals surface area contributed by atoms with E-state index >= 15 is 0 Å². The van der Waals surface area contributed by atoms with Crippen molar-refractivity contribution in [1.82, 2.24) is 14.7 Å². The number of likely N-dealkylation sites (tertiary alicyclic amines) is 1. The third kappa shape index (κ3) is 3.20. The van der Waals surface area contributed by atoms with Gasteiger partial charge in [-0.3, -0.25) is 4.90 Å². The molecule has 2 heterocycles. The molecule has 0 spiro atoms. The maximum Gasteiger partial charge on any atom is 0.0769 e. The molecule has 1 atom stereocenters. The van der Waals surface area contributed by atoms with Crippen molar-refractivity contribution < 1.29 is 0 Å². The van der Waals surface area contributed by atoms with Gasteiger partial charge in [-0.15, -0.1) is 12.4 Å². The molecule has 0 amide bonds. The van der Waals surface area contributed by atoms with Crippen molar-refractivity contribution in [2.24, 2.45) is 5.73 Å². The molecule has 1 unspecified atom stereocenters. The maximum atomic E-state index is 5.81. The first-order chi connectivity index (χ1) is 9.36. The summed E-state index contributed by atoms with van der Waals surface area (Å²) in [5.41, 5.74) is 8.02. The summed E-state index contributed by atoms with van der Waals surface area (Å²) in [5, 5.41) is 4.65. The highest BCUT2D eigenvalue weighted by molar-refractivity contribution is 5.85. The number of halogens is 1. The van der Waals surface area contributed by atoms with E-state index in [-0.39, 0.29) is 12.4 Å². The van der Waals surface area contributed by atoms with Crippen LogP contribution in [0.25, 0.3) is 5.69 Å². The topological polar surface area (TPSA) is 47.1 Å². The molecule has 1 saturated heterocycles. The normalized spacial score (nSPS) is 18.9. The smallest absolute Gasteiger partial charge is 0.0769 e. The minimum Gasteiger partial charge on any atom is -0.329 e. The Kier molecular flexibility index (Phi) is 5.17. The third-order valence-corrected chi connectivity index (χ3v) is 3.80. The van der Waals surface area contributed by atoms with Gasteiger partial charge in [0.1, 0.15) is 0 Å². The first kappa shape index (κ1) is 15.0. The fourth-order valence-corrected chi connectivity index (χ4v) is 2.75. The van der Waals surface area contributed by atoms with Crippen molar-refractivity contribution in [2.75, 3.05) is 13.1 Å². The molecule has 0 bridgehead atoms. The van der Waals surface area contributed by atoms with E-state index in [1.807, 2.05) is 29.1 Å². The Morgan fingerprint density at radius 3 is 2.75 bits per heavy atom. The van der Waals surface area contributed by atoms with Crippen LogP contribution in [0.15, 0.2) is 42.6 Å². The van der Waals surface area contributed by atoms with Crippen LogP contribution < -0.4 is 5.73 Å². The predicted octanol–water partition coefficient (Wildman–Crippen LogP) is 2.22. The Labute approximate surface area is 126 Å². The molecule has 0 saturated carbocycles. The summed E-state index contributed by atoms with van der Waals surface area (Å²) < 4.78 is 1.93. The largest absolute Gasteiger partial charge is 0.329 e. The molecule has 0 aliphatic carbocycles. The van der Waals surface area contributed by atoms with E-state index in [1.54, 1.807) is 0 Å². The zero-order valence-electron chi connectivity index (χ0n) is 11.5. The van der Waals surface area contributed by atoms with E-state index in [9.17, 15) is 0 Å². The second-order valence-electron chi connectivity index (χ2n) is 5.09. The number of aromatic nitrogens is 2. The van der Waals surface area contributed by atoms with Gasteiger partial charge < -0.3 is 5.73 Å². The fraction of sp³-hybridized carbons (Fsp3) is 0.400. The Hall–Kier alpha value is -1.36. The molecular weight excluding hydrogens is 272 g/mol. The highest BCUT2D eigenvalue weighted by atomic mass is 35.5. The number of nitrogens with two attached hydrogens (primary N) is 1. The molecule has 0 radical (unpaired) electrons. The summed E-state index contributed by atoms with van der Waals surface area (Å²) in [5.74, 6) is 0. The number of nitrogens with zero attached hydrogens (tertiary/aromatic N) is 3. The lowest BCUT2D eigenvalue weighted by atomic mass is 10.2. The van der Waals surface area contributed by atoms with E-state index in [1.165, 1.54) is 12.8 Å². The molecule has 2 N–H and O–H groups in total. The van der Waals surface area contributed by atoms with E-state index < -0.39 is 0 Å². The average Bonchev–Trinajstić information content (AvgIpc) is 3.09. The van der Waals surface area contributed by atoms with Gasteiger partial charge in [-0.25, -0.2) is 4.68 Å². The molecule has 1 aromatic heterocycles. The second-order valence-corrected chi connectivity index (χ2v) is 5.09. The lowest BCUT2D eigenvalue weighted by molar-refractivity contribution is 0.247. The monoisotopic (exact) mass is 292 g/mol. The predicted molar refractivity (Wildman–Crippen MR) is 83.3 cm³/mol. The highest BCUT2D eigenvalue weighted by Gasteiger charge is 2.23. The molecule has 1 aliphatic heterocycles. The molecule has 1 fully saturated rings. The standard InChI is InChI=1S/C15H20N4.ClH/c16-11-15-7-4-9-18(15)12-13-8-10-19(17-13)14-5-2-1-3-6-14;/h1-3,5-6,8,10,15H,4,7,9,11-12,16H2;1H. The number of benzene rings is 1. The van der Waals surface area contributed by atoms with E-state index in [4.69, 9.17) is 5.73 Å². The van der Waals surface area contributed by atoms with Crippen molar-refractivity contribution >= 4 is 12.4 Å². The van der Waals surface area contributed by atoms with Crippen LogP contribution in [0.4, 0.5) is 0 Å². The Morgan fingerprint density at radius 1 is 1.20 bits per heavy atom. The van der Waals surface area contributed by atoms with Gasteiger partial charge in [0.05, 0.1) is 11.4 Å². The van der Waals surface area contributed by atoms with Gasteiger partial charge in [-0.05, 0) is 37.6 Å².